The van der Waals surface area contributed by atoms with Gasteiger partial charge in [-0.3, -0.25) is 4.79 Å². The normalized spacial score (nSPS) is 13.7. The predicted octanol–water partition coefficient (Wildman–Crippen LogP) is 3.29. The van der Waals surface area contributed by atoms with Gasteiger partial charge in [0.25, 0.3) is 11.6 Å². The lowest BCUT2D eigenvalue weighted by Crippen LogP contribution is -2.30. The van der Waals surface area contributed by atoms with Crippen LogP contribution in [0.25, 0.3) is 11.1 Å². The molecule has 0 radical (unpaired) electrons. The molecular formula is C19H19N3O4S. The van der Waals surface area contributed by atoms with Crippen molar-refractivity contribution in [2.24, 2.45) is 0 Å². The highest BCUT2D eigenvalue weighted by Gasteiger charge is 2.29. The van der Waals surface area contributed by atoms with Gasteiger partial charge in [0.2, 0.25) is 0 Å². The van der Waals surface area contributed by atoms with Gasteiger partial charge in [-0.2, -0.15) is 0 Å². The van der Waals surface area contributed by atoms with Gasteiger partial charge in [0.1, 0.15) is 0 Å². The van der Waals surface area contributed by atoms with Crippen LogP contribution in [0.2, 0.25) is 0 Å². The van der Waals surface area contributed by atoms with E-state index in [4.69, 9.17) is 9.26 Å². The van der Waals surface area contributed by atoms with E-state index < -0.39 is 5.97 Å². The number of thiophene rings is 1. The van der Waals surface area contributed by atoms with Crippen molar-refractivity contribution in [3.8, 4) is 0 Å². The van der Waals surface area contributed by atoms with Crippen LogP contribution < -0.4 is 0 Å². The molecular weight excluding hydrogens is 366 g/mol. The molecule has 0 atom stereocenters. The third kappa shape index (κ3) is 3.71. The Morgan fingerprint density at radius 1 is 1.41 bits per heavy atom. The first kappa shape index (κ1) is 17.7. The molecule has 3 aromatic heterocycles. The second kappa shape index (κ2) is 7.11. The van der Waals surface area contributed by atoms with Crippen LogP contribution in [0, 0.1) is 6.92 Å². The molecule has 0 N–H and O–H groups in total. The van der Waals surface area contributed by atoms with Gasteiger partial charge < -0.3 is 14.2 Å². The summed E-state index contributed by atoms with van der Waals surface area (Å²) < 4.78 is 10.5. The molecule has 0 aromatic carbocycles. The van der Waals surface area contributed by atoms with Crippen LogP contribution in [-0.4, -0.2) is 40.6 Å². The SMILES string of the molecule is Cc1noc2nc(C3CC3)cc(C(=O)OCC(=O)N(C)Cc3cccs3)c12. The van der Waals surface area contributed by atoms with Crippen molar-refractivity contribution in [1.82, 2.24) is 15.0 Å². The zero-order chi connectivity index (χ0) is 19.0. The molecule has 1 amide bonds. The molecule has 27 heavy (non-hydrogen) atoms. The van der Waals surface area contributed by atoms with E-state index in [0.717, 1.165) is 23.4 Å². The summed E-state index contributed by atoms with van der Waals surface area (Å²) in [5.41, 5.74) is 2.08. The predicted molar refractivity (Wildman–Crippen MR) is 99.6 cm³/mol. The Kier molecular flexibility index (Phi) is 4.65. The van der Waals surface area contributed by atoms with Crippen molar-refractivity contribution in [3.63, 3.8) is 0 Å². The van der Waals surface area contributed by atoms with Crippen molar-refractivity contribution in [2.75, 3.05) is 13.7 Å². The van der Waals surface area contributed by atoms with Gasteiger partial charge >= 0.3 is 5.97 Å². The molecule has 0 aliphatic heterocycles. The van der Waals surface area contributed by atoms with Crippen molar-refractivity contribution in [1.29, 1.82) is 0 Å². The fraction of sp³-hybridized carbons (Fsp3) is 0.368. The molecule has 3 aromatic rings. The van der Waals surface area contributed by atoms with Gasteiger partial charge in [0, 0.05) is 23.5 Å². The lowest BCUT2D eigenvalue weighted by Gasteiger charge is -2.16. The topological polar surface area (TPSA) is 85.5 Å². The van der Waals surface area contributed by atoms with Crippen molar-refractivity contribution in [2.45, 2.75) is 32.2 Å². The van der Waals surface area contributed by atoms with Gasteiger partial charge in [-0.1, -0.05) is 11.2 Å². The molecule has 7 nitrogen and oxygen atoms in total. The highest BCUT2D eigenvalue weighted by atomic mass is 32.1. The number of pyridine rings is 1. The summed E-state index contributed by atoms with van der Waals surface area (Å²) in [4.78, 5) is 32.0. The summed E-state index contributed by atoms with van der Waals surface area (Å²) in [5, 5.41) is 6.41. The minimum atomic E-state index is -0.562. The lowest BCUT2D eigenvalue weighted by molar-refractivity contribution is -0.133. The molecule has 0 bridgehead atoms. The molecule has 0 saturated heterocycles. The van der Waals surface area contributed by atoms with Crippen molar-refractivity contribution in [3.05, 3.63) is 45.4 Å². The van der Waals surface area contributed by atoms with E-state index in [2.05, 4.69) is 10.1 Å². The molecule has 1 fully saturated rings. The van der Waals surface area contributed by atoms with E-state index >= 15 is 0 Å². The number of rotatable bonds is 6. The number of hydrogen-bond acceptors (Lipinski definition) is 7. The Morgan fingerprint density at radius 2 is 2.22 bits per heavy atom. The standard InChI is InChI=1S/C19H19N3O4S/c1-11-17-14(8-15(12-5-6-12)20-18(17)26-21-11)19(24)25-10-16(23)22(2)9-13-4-3-7-27-13/h3-4,7-8,12H,5-6,9-10H2,1-2H3. The summed E-state index contributed by atoms with van der Waals surface area (Å²) >= 11 is 1.58. The summed E-state index contributed by atoms with van der Waals surface area (Å²) in [6, 6.07) is 5.64. The Balaban J connectivity index is 1.48. The summed E-state index contributed by atoms with van der Waals surface area (Å²) in [6.07, 6.45) is 2.10. The van der Waals surface area contributed by atoms with Crippen LogP contribution in [0.3, 0.4) is 0 Å². The smallest absolute Gasteiger partial charge is 0.339 e. The molecule has 1 aliphatic carbocycles. The Labute approximate surface area is 159 Å². The second-order valence-electron chi connectivity index (χ2n) is 6.72. The maximum Gasteiger partial charge on any atom is 0.339 e. The third-order valence-corrected chi connectivity index (χ3v) is 5.44. The summed E-state index contributed by atoms with van der Waals surface area (Å²) in [5.74, 6) is -0.468. The molecule has 4 rings (SSSR count). The number of fused-ring (bicyclic) bond motifs is 1. The molecule has 3 heterocycles. The Bertz CT molecular complexity index is 992. The van der Waals surface area contributed by atoms with Crippen LogP contribution in [0.15, 0.2) is 28.1 Å². The average Bonchev–Trinajstić information content (AvgIpc) is 3.28. The van der Waals surface area contributed by atoms with Crippen LogP contribution in [0.4, 0.5) is 0 Å². The largest absolute Gasteiger partial charge is 0.452 e. The summed E-state index contributed by atoms with van der Waals surface area (Å²) in [7, 11) is 1.69. The highest BCUT2D eigenvalue weighted by molar-refractivity contribution is 7.09. The third-order valence-electron chi connectivity index (χ3n) is 4.58. The van der Waals surface area contributed by atoms with E-state index in [9.17, 15) is 9.59 Å². The van der Waals surface area contributed by atoms with Crippen molar-refractivity contribution >= 4 is 34.3 Å². The average molecular weight is 385 g/mol. The number of likely N-dealkylation sites (N-methyl/N-ethyl adjacent to an activating group) is 1. The van der Waals surface area contributed by atoms with Gasteiger partial charge in [0.05, 0.1) is 23.2 Å². The number of ether oxygens (including phenoxy) is 1. The minimum Gasteiger partial charge on any atom is -0.452 e. The molecule has 8 heteroatoms. The van der Waals surface area contributed by atoms with E-state index in [0.29, 0.717) is 34.8 Å². The van der Waals surface area contributed by atoms with Crippen molar-refractivity contribution < 1.29 is 18.8 Å². The van der Waals surface area contributed by atoms with Crippen LogP contribution in [0.5, 0.6) is 0 Å². The number of hydrogen-bond donors (Lipinski definition) is 0. The monoisotopic (exact) mass is 385 g/mol. The minimum absolute atomic E-state index is 0.258. The highest BCUT2D eigenvalue weighted by Crippen LogP contribution is 2.40. The van der Waals surface area contributed by atoms with Gasteiger partial charge in [-0.25, -0.2) is 9.78 Å². The first-order valence-electron chi connectivity index (χ1n) is 8.73. The zero-order valence-electron chi connectivity index (χ0n) is 15.1. The number of nitrogens with zero attached hydrogens (tertiary/aromatic N) is 3. The number of aryl methyl sites for hydroxylation is 1. The van der Waals surface area contributed by atoms with Crippen LogP contribution in [0.1, 0.15) is 45.4 Å². The Hall–Kier alpha value is -2.74. The van der Waals surface area contributed by atoms with E-state index in [-0.39, 0.29) is 12.5 Å². The summed E-state index contributed by atoms with van der Waals surface area (Å²) in [6.45, 7) is 1.93. The fourth-order valence-corrected chi connectivity index (χ4v) is 3.66. The van der Waals surface area contributed by atoms with Gasteiger partial charge in [0.15, 0.2) is 6.61 Å². The number of aromatic nitrogens is 2. The zero-order valence-corrected chi connectivity index (χ0v) is 15.9. The number of esters is 1. The lowest BCUT2D eigenvalue weighted by atomic mass is 10.1. The van der Waals surface area contributed by atoms with E-state index in [1.807, 2.05) is 17.5 Å². The molecule has 140 valence electrons. The van der Waals surface area contributed by atoms with E-state index in [1.165, 1.54) is 0 Å². The Morgan fingerprint density at radius 3 is 2.93 bits per heavy atom. The quantitative estimate of drug-likeness (QED) is 0.605. The molecule has 0 unspecified atom stereocenters. The van der Waals surface area contributed by atoms with Crippen LogP contribution in [-0.2, 0) is 16.1 Å². The number of carbonyl (C=O) groups is 2. The van der Waals surface area contributed by atoms with Crippen LogP contribution >= 0.6 is 11.3 Å². The molecule has 1 saturated carbocycles. The number of carbonyl (C=O) groups excluding carboxylic acids is 2. The first-order chi connectivity index (χ1) is 13.0. The first-order valence-corrected chi connectivity index (χ1v) is 9.61. The maximum absolute atomic E-state index is 12.7. The molecule has 1 aliphatic rings. The second-order valence-corrected chi connectivity index (χ2v) is 7.75. The van der Waals surface area contributed by atoms with Gasteiger partial charge in [-0.05, 0) is 37.3 Å². The number of amides is 1. The molecule has 0 spiro atoms. The fourth-order valence-electron chi connectivity index (χ4n) is 2.90. The van der Waals surface area contributed by atoms with Gasteiger partial charge in [-0.15, -0.1) is 11.3 Å². The maximum atomic E-state index is 12.7. The van der Waals surface area contributed by atoms with E-state index in [1.54, 1.807) is 36.3 Å².